The molecule has 94 valence electrons. The first-order valence-corrected chi connectivity index (χ1v) is 8.90. The molecule has 0 rings (SSSR count). The van der Waals surface area contributed by atoms with E-state index < -0.39 is 0 Å². The minimum Gasteiger partial charge on any atom is -0.125 e. The van der Waals surface area contributed by atoms with Crippen LogP contribution >= 0.6 is 46.4 Å². The smallest absolute Gasteiger partial charge is 0.105 e. The van der Waals surface area contributed by atoms with Crippen molar-refractivity contribution in [1.29, 1.82) is 0 Å². The van der Waals surface area contributed by atoms with Crippen LogP contribution in [0.25, 0.3) is 0 Å². The molecule has 18 heavy (non-hydrogen) atoms. The molecule has 0 N–H and O–H groups in total. The lowest BCUT2D eigenvalue weighted by atomic mass is 8.89. The fourth-order valence-corrected chi connectivity index (χ4v) is 1.21. The molecule has 14 heteroatoms. The molecule has 0 spiro atoms. The Morgan fingerprint density at radius 1 is 0.778 bits per heavy atom. The lowest BCUT2D eigenvalue weighted by Crippen LogP contribution is -2.30. The fraction of sp³-hybridized carbons (Fsp3) is 1.00. The van der Waals surface area contributed by atoms with Crippen LogP contribution in [-0.4, -0.2) is 88.6 Å². The molecule has 0 saturated carbocycles. The van der Waals surface area contributed by atoms with Gasteiger partial charge < -0.3 is 0 Å². The number of halogens is 4. The molecule has 0 amide bonds. The van der Waals surface area contributed by atoms with Crippen LogP contribution in [0.1, 0.15) is 6.92 Å². The maximum atomic E-state index is 5.05. The first-order chi connectivity index (χ1) is 8.56. The van der Waals surface area contributed by atoms with Crippen LogP contribution in [0.4, 0.5) is 0 Å². The molecular formula is C4H20B10Cl4. The highest BCUT2D eigenvalue weighted by molar-refractivity contribution is 7.68. The molecule has 0 heterocycles. The summed E-state index contributed by atoms with van der Waals surface area (Å²) in [5.74, 6) is 1.11. The molecule has 0 bridgehead atoms. The highest BCUT2D eigenvalue weighted by atomic mass is 35.5. The van der Waals surface area contributed by atoms with Crippen molar-refractivity contribution < 1.29 is 0 Å². The van der Waals surface area contributed by atoms with Crippen LogP contribution in [0, 0.1) is 0 Å². The van der Waals surface area contributed by atoms with E-state index in [2.05, 4.69) is 15.5 Å². The normalized spacial score (nSPS) is 7.44. The number of hydrogen-bond acceptors (Lipinski definition) is 0. The molecule has 0 aliphatic rings. The third kappa shape index (κ3) is 52.3. The van der Waals surface area contributed by atoms with Gasteiger partial charge in [0.15, 0.2) is 0 Å². The van der Waals surface area contributed by atoms with E-state index >= 15 is 0 Å². The second-order valence-corrected chi connectivity index (χ2v) is 6.31. The van der Waals surface area contributed by atoms with E-state index in [1.54, 1.807) is 6.92 Å². The van der Waals surface area contributed by atoms with Gasteiger partial charge in [-0.3, -0.25) is 0 Å². The quantitative estimate of drug-likeness (QED) is 0.245. The summed E-state index contributed by atoms with van der Waals surface area (Å²) in [5, 5.41) is 0. The maximum absolute atomic E-state index is 5.05. The Kier molecular flexibility index (Phi) is 37.5. The summed E-state index contributed by atoms with van der Waals surface area (Å²) in [6, 6.07) is 0. The van der Waals surface area contributed by atoms with Gasteiger partial charge in [0.25, 0.3) is 0 Å². The van der Waals surface area contributed by atoms with E-state index in [4.69, 9.17) is 46.4 Å². The first-order valence-electron chi connectivity index (χ1n) is 6.96. The van der Waals surface area contributed by atoms with Gasteiger partial charge in [0.1, 0.15) is 4.84 Å². The molecule has 0 saturated heterocycles. The first kappa shape index (κ1) is 24.8. The monoisotopic (exact) mass is 318 g/mol. The minimum atomic E-state index is -0.222. The predicted molar refractivity (Wildman–Crippen MR) is 117 cm³/mol. The van der Waals surface area contributed by atoms with Gasteiger partial charge in [-0.2, -0.15) is 0 Å². The molecule has 0 unspecified atom stereocenters. The molecule has 0 aliphatic heterocycles. The van der Waals surface area contributed by atoms with E-state index in [9.17, 15) is 0 Å². The summed E-state index contributed by atoms with van der Waals surface area (Å²) in [7, 11) is 16.0. The Labute approximate surface area is 141 Å². The fourth-order valence-electron chi connectivity index (χ4n) is 1.21. The van der Waals surface area contributed by atoms with Crippen LogP contribution in [0.2, 0.25) is 0 Å². The topological polar surface area (TPSA) is 0 Å². The van der Waals surface area contributed by atoms with Gasteiger partial charge in [-0.15, -0.1) is 46.4 Å². The number of alkyl halides is 4. The van der Waals surface area contributed by atoms with Crippen molar-refractivity contribution in [2.24, 2.45) is 0 Å². The molecule has 0 aliphatic carbocycles. The van der Waals surface area contributed by atoms with Crippen molar-refractivity contribution in [3.63, 3.8) is 0 Å². The lowest BCUT2D eigenvalue weighted by Gasteiger charge is -1.88. The SMILES string of the molecule is BBBBBBBBBB.CC(Cl)Cl.ClCCCl. The summed E-state index contributed by atoms with van der Waals surface area (Å²) < 4.78 is 0. The second-order valence-electron chi connectivity index (χ2n) is 4.02. The van der Waals surface area contributed by atoms with Crippen molar-refractivity contribution >= 4 is 118 Å². The zero-order valence-corrected chi connectivity index (χ0v) is 15.2. The van der Waals surface area contributed by atoms with Crippen molar-refractivity contribution in [2.45, 2.75) is 11.8 Å². The van der Waals surface area contributed by atoms with Gasteiger partial charge in [0.05, 0.1) is 15.5 Å². The standard InChI is InChI=1S/2C2H4Cl2.B10H12/c1-2(3)4;3-1-2-4;1-3-5-7-9-10-8-6-4-2/h2H,1H3;1-2H2;3-10H,1-2H2. The Balaban J connectivity index is -0.000000233. The molecular weight excluding hydrogens is 298 g/mol. The van der Waals surface area contributed by atoms with Crippen molar-refractivity contribution in [1.82, 2.24) is 0 Å². The molecule has 0 aromatic rings. The van der Waals surface area contributed by atoms with Crippen LogP contribution in [0.15, 0.2) is 0 Å². The van der Waals surface area contributed by atoms with Gasteiger partial charge in [0.2, 0.25) is 0 Å². The Hall–Kier alpha value is 1.81. The largest absolute Gasteiger partial charge is 0.125 e. The molecule has 0 radical (unpaired) electrons. The van der Waals surface area contributed by atoms with E-state index in [0.29, 0.717) is 11.8 Å². The summed E-state index contributed by atoms with van der Waals surface area (Å²) >= 11 is 20.2. The summed E-state index contributed by atoms with van der Waals surface area (Å²) in [6.45, 7) is 1.70. The lowest BCUT2D eigenvalue weighted by molar-refractivity contribution is 1.39. The number of hydrogen-bond donors (Lipinski definition) is 0. The van der Waals surface area contributed by atoms with E-state index in [0.717, 1.165) is 0 Å². The molecule has 0 aromatic heterocycles. The summed E-state index contributed by atoms with van der Waals surface area (Å²) in [5.41, 5.74) is 0. The van der Waals surface area contributed by atoms with Gasteiger partial charge in [-0.1, -0.05) is 0 Å². The predicted octanol–water partition coefficient (Wildman–Crippen LogP) is -3.75. The molecule has 0 nitrogen and oxygen atoms in total. The third-order valence-corrected chi connectivity index (χ3v) is 2.60. The van der Waals surface area contributed by atoms with Gasteiger partial charge in [-0.05, 0) is 6.92 Å². The molecule has 0 fully saturated rings. The maximum Gasteiger partial charge on any atom is 0.105 e. The van der Waals surface area contributed by atoms with E-state index in [1.165, 1.54) is 56.5 Å². The Bertz CT molecular complexity index is 107. The summed E-state index contributed by atoms with van der Waals surface area (Å²) in [4.78, 5) is -0.222. The van der Waals surface area contributed by atoms with Gasteiger partial charge in [-0.25, -0.2) is 0 Å². The van der Waals surface area contributed by atoms with Crippen molar-refractivity contribution in [3.8, 4) is 0 Å². The van der Waals surface area contributed by atoms with Crippen LogP contribution in [0.5, 0.6) is 0 Å². The highest BCUT2D eigenvalue weighted by Gasteiger charge is 1.96. The van der Waals surface area contributed by atoms with Crippen LogP contribution in [-0.2, 0) is 0 Å². The zero-order chi connectivity index (χ0) is 14.6. The van der Waals surface area contributed by atoms with Crippen LogP contribution in [0.3, 0.4) is 0 Å². The Morgan fingerprint density at radius 2 is 1.00 bits per heavy atom. The average Bonchev–Trinajstić information content (AvgIpc) is 2.33. The van der Waals surface area contributed by atoms with E-state index in [1.807, 2.05) is 0 Å². The minimum absolute atomic E-state index is 0.222. The highest BCUT2D eigenvalue weighted by Crippen LogP contribution is 1.95. The second kappa shape index (κ2) is 27.2. The van der Waals surface area contributed by atoms with Gasteiger partial charge >= 0.3 is 0 Å². The molecule has 0 atom stereocenters. The summed E-state index contributed by atoms with van der Waals surface area (Å²) in [6.07, 6.45) is 0. The van der Waals surface area contributed by atoms with Crippen molar-refractivity contribution in [3.05, 3.63) is 0 Å². The Morgan fingerprint density at radius 3 is 1.17 bits per heavy atom. The van der Waals surface area contributed by atoms with E-state index in [-0.39, 0.29) is 4.84 Å². The zero-order valence-electron chi connectivity index (χ0n) is 12.2. The molecule has 0 aromatic carbocycles. The van der Waals surface area contributed by atoms with Gasteiger partial charge in [0, 0.05) is 68.2 Å². The number of rotatable bonds is 8. The van der Waals surface area contributed by atoms with Crippen LogP contribution < -0.4 is 0 Å². The van der Waals surface area contributed by atoms with Crippen molar-refractivity contribution in [2.75, 3.05) is 11.8 Å². The third-order valence-electron chi connectivity index (χ3n) is 2.03. The average molecular weight is 318 g/mol.